The summed E-state index contributed by atoms with van der Waals surface area (Å²) in [6.07, 6.45) is 2.07. The number of pyridine rings is 1. The second kappa shape index (κ2) is 5.17. The van der Waals surface area contributed by atoms with Crippen molar-refractivity contribution < 1.29 is 9.90 Å². The summed E-state index contributed by atoms with van der Waals surface area (Å²) in [5.41, 5.74) is 0.901. The van der Waals surface area contributed by atoms with Crippen molar-refractivity contribution in [3.05, 3.63) is 23.4 Å². The van der Waals surface area contributed by atoms with E-state index in [0.29, 0.717) is 11.5 Å². The Labute approximate surface area is 102 Å². The third-order valence-electron chi connectivity index (χ3n) is 2.54. The number of carboxylic acids is 1. The maximum Gasteiger partial charge on any atom is 0.335 e. The van der Waals surface area contributed by atoms with Gasteiger partial charge in [0.1, 0.15) is 5.82 Å². The van der Waals surface area contributed by atoms with Gasteiger partial charge in [0.05, 0.1) is 5.56 Å². The van der Waals surface area contributed by atoms with E-state index < -0.39 is 5.97 Å². The van der Waals surface area contributed by atoms with Gasteiger partial charge in [-0.25, -0.2) is 9.78 Å². The number of aryl methyl sites for hydroxylation is 1. The lowest BCUT2D eigenvalue weighted by Gasteiger charge is -2.26. The van der Waals surface area contributed by atoms with E-state index >= 15 is 0 Å². The average Bonchev–Trinajstić information content (AvgIpc) is 2.15. The van der Waals surface area contributed by atoms with Gasteiger partial charge in [-0.1, -0.05) is 13.3 Å². The molecule has 0 fully saturated rings. The molecule has 0 radical (unpaired) electrons. The van der Waals surface area contributed by atoms with Gasteiger partial charge in [0.2, 0.25) is 0 Å². The Balaban J connectivity index is 2.95. The molecule has 1 rings (SSSR count). The third kappa shape index (κ3) is 4.06. The maximum atomic E-state index is 10.9. The second-order valence-corrected chi connectivity index (χ2v) is 4.95. The summed E-state index contributed by atoms with van der Waals surface area (Å²) in [7, 11) is 0. The summed E-state index contributed by atoms with van der Waals surface area (Å²) in [4.78, 5) is 15.3. The van der Waals surface area contributed by atoms with E-state index in [1.807, 2.05) is 0 Å². The summed E-state index contributed by atoms with van der Waals surface area (Å²) < 4.78 is 0. The molecule has 0 aromatic carbocycles. The molecule has 1 aromatic rings. The molecule has 0 amide bonds. The minimum absolute atomic E-state index is 0.0781. The van der Waals surface area contributed by atoms with Gasteiger partial charge < -0.3 is 10.4 Å². The molecule has 17 heavy (non-hydrogen) atoms. The zero-order chi connectivity index (χ0) is 13.1. The monoisotopic (exact) mass is 236 g/mol. The zero-order valence-corrected chi connectivity index (χ0v) is 10.9. The number of hydrogen-bond acceptors (Lipinski definition) is 3. The summed E-state index contributed by atoms with van der Waals surface area (Å²) >= 11 is 0. The number of carbonyl (C=O) groups is 1. The lowest BCUT2D eigenvalue weighted by molar-refractivity contribution is 0.0696. The van der Waals surface area contributed by atoms with Crippen LogP contribution in [-0.4, -0.2) is 21.6 Å². The normalized spacial score (nSPS) is 11.3. The van der Waals surface area contributed by atoms with E-state index in [1.165, 1.54) is 0 Å². The van der Waals surface area contributed by atoms with E-state index in [4.69, 9.17) is 5.11 Å². The second-order valence-electron chi connectivity index (χ2n) is 4.95. The van der Waals surface area contributed by atoms with Crippen LogP contribution in [0.15, 0.2) is 12.1 Å². The molecule has 4 nitrogen and oxygen atoms in total. The quantitative estimate of drug-likeness (QED) is 0.824. The van der Waals surface area contributed by atoms with Gasteiger partial charge in [0, 0.05) is 11.2 Å². The number of rotatable bonds is 5. The molecule has 1 aromatic heterocycles. The summed E-state index contributed by atoms with van der Waals surface area (Å²) in [5, 5.41) is 12.3. The van der Waals surface area contributed by atoms with Crippen LogP contribution in [0.4, 0.5) is 5.82 Å². The largest absolute Gasteiger partial charge is 0.478 e. The van der Waals surface area contributed by atoms with Crippen LogP contribution < -0.4 is 5.32 Å². The van der Waals surface area contributed by atoms with Crippen molar-refractivity contribution in [2.24, 2.45) is 0 Å². The van der Waals surface area contributed by atoms with E-state index in [1.54, 1.807) is 19.1 Å². The first-order valence-electron chi connectivity index (χ1n) is 5.84. The van der Waals surface area contributed by atoms with Crippen molar-refractivity contribution in [1.29, 1.82) is 0 Å². The lowest BCUT2D eigenvalue weighted by Crippen LogP contribution is -2.31. The van der Waals surface area contributed by atoms with Crippen molar-refractivity contribution >= 4 is 11.8 Å². The molecule has 0 aliphatic rings. The highest BCUT2D eigenvalue weighted by Crippen LogP contribution is 2.19. The third-order valence-corrected chi connectivity index (χ3v) is 2.54. The first-order chi connectivity index (χ1) is 7.84. The molecule has 0 saturated carbocycles. The predicted octanol–water partition coefficient (Wildman–Crippen LogP) is 3.08. The Morgan fingerprint density at radius 2 is 2.12 bits per heavy atom. The van der Waals surface area contributed by atoms with Crippen LogP contribution in [0.25, 0.3) is 0 Å². The molecule has 4 heteroatoms. The van der Waals surface area contributed by atoms with Crippen LogP contribution in [0.3, 0.4) is 0 Å². The van der Waals surface area contributed by atoms with Gasteiger partial charge in [-0.05, 0) is 39.3 Å². The van der Waals surface area contributed by atoms with Crippen molar-refractivity contribution in [1.82, 2.24) is 4.98 Å². The van der Waals surface area contributed by atoms with Gasteiger partial charge in [0.25, 0.3) is 0 Å². The Morgan fingerprint density at radius 1 is 1.47 bits per heavy atom. The van der Waals surface area contributed by atoms with Gasteiger partial charge in [0.15, 0.2) is 0 Å². The predicted molar refractivity (Wildman–Crippen MR) is 68.5 cm³/mol. The summed E-state index contributed by atoms with van der Waals surface area (Å²) in [6.45, 7) is 8.09. The van der Waals surface area contributed by atoms with E-state index in [2.05, 4.69) is 31.1 Å². The minimum atomic E-state index is -0.924. The number of aromatic carboxylic acids is 1. The Kier molecular flexibility index (Phi) is 4.10. The number of hydrogen-bond donors (Lipinski definition) is 2. The van der Waals surface area contributed by atoms with Crippen LogP contribution in [0.2, 0.25) is 0 Å². The first-order valence-corrected chi connectivity index (χ1v) is 5.84. The number of carboxylic acid groups (broad SMARTS) is 1. The molecular weight excluding hydrogens is 216 g/mol. The molecule has 0 aliphatic carbocycles. The molecule has 0 unspecified atom stereocenters. The Hall–Kier alpha value is -1.58. The molecule has 0 saturated heterocycles. The van der Waals surface area contributed by atoms with Crippen LogP contribution in [0.5, 0.6) is 0 Å². The summed E-state index contributed by atoms with van der Waals surface area (Å²) in [6, 6.07) is 3.15. The molecule has 0 atom stereocenters. The fraction of sp³-hybridized carbons (Fsp3) is 0.538. The highest BCUT2D eigenvalue weighted by atomic mass is 16.4. The van der Waals surface area contributed by atoms with Gasteiger partial charge in [-0.2, -0.15) is 0 Å². The standard InChI is InChI=1S/C13H20N2O2/c1-5-6-13(3,4)15-11-8-10(12(16)17)7-9(2)14-11/h7-8H,5-6H2,1-4H3,(H,14,15)(H,16,17). The van der Waals surface area contributed by atoms with Crippen molar-refractivity contribution in [2.45, 2.75) is 46.1 Å². The van der Waals surface area contributed by atoms with Crippen molar-refractivity contribution in [3.63, 3.8) is 0 Å². The van der Waals surface area contributed by atoms with Crippen LogP contribution in [0, 0.1) is 6.92 Å². The first kappa shape index (κ1) is 13.5. The average molecular weight is 236 g/mol. The van der Waals surface area contributed by atoms with Crippen molar-refractivity contribution in [3.8, 4) is 0 Å². The topological polar surface area (TPSA) is 62.2 Å². The highest BCUT2D eigenvalue weighted by molar-refractivity contribution is 5.88. The van der Waals surface area contributed by atoms with Crippen LogP contribution >= 0.6 is 0 Å². The molecular formula is C13H20N2O2. The van der Waals surface area contributed by atoms with Crippen molar-refractivity contribution in [2.75, 3.05) is 5.32 Å². The van der Waals surface area contributed by atoms with Crippen LogP contribution in [-0.2, 0) is 0 Å². The fourth-order valence-corrected chi connectivity index (χ4v) is 1.89. The molecule has 1 heterocycles. The molecule has 0 bridgehead atoms. The smallest absolute Gasteiger partial charge is 0.335 e. The lowest BCUT2D eigenvalue weighted by atomic mass is 9.99. The minimum Gasteiger partial charge on any atom is -0.478 e. The molecule has 94 valence electrons. The maximum absolute atomic E-state index is 10.9. The number of nitrogens with one attached hydrogen (secondary N) is 1. The fourth-order valence-electron chi connectivity index (χ4n) is 1.89. The van der Waals surface area contributed by atoms with E-state index in [-0.39, 0.29) is 11.1 Å². The SMILES string of the molecule is CCCC(C)(C)Nc1cc(C(=O)O)cc(C)n1. The molecule has 0 spiro atoms. The van der Waals surface area contributed by atoms with Crippen LogP contribution in [0.1, 0.15) is 49.7 Å². The zero-order valence-electron chi connectivity index (χ0n) is 10.9. The Morgan fingerprint density at radius 3 is 2.65 bits per heavy atom. The number of anilines is 1. The highest BCUT2D eigenvalue weighted by Gasteiger charge is 2.17. The van der Waals surface area contributed by atoms with Gasteiger partial charge >= 0.3 is 5.97 Å². The molecule has 2 N–H and O–H groups in total. The molecule has 0 aliphatic heterocycles. The number of aromatic nitrogens is 1. The van der Waals surface area contributed by atoms with E-state index in [0.717, 1.165) is 12.8 Å². The van der Waals surface area contributed by atoms with Gasteiger partial charge in [-0.3, -0.25) is 0 Å². The number of nitrogens with zero attached hydrogens (tertiary/aromatic N) is 1. The summed E-state index contributed by atoms with van der Waals surface area (Å²) in [5.74, 6) is -0.298. The Bertz CT molecular complexity index is 414. The van der Waals surface area contributed by atoms with E-state index in [9.17, 15) is 4.79 Å². The van der Waals surface area contributed by atoms with Gasteiger partial charge in [-0.15, -0.1) is 0 Å².